The van der Waals surface area contributed by atoms with Crippen molar-refractivity contribution in [3.63, 3.8) is 0 Å². The molecule has 0 radical (unpaired) electrons. The van der Waals surface area contributed by atoms with Crippen LogP contribution in [0.5, 0.6) is 5.75 Å². The minimum Gasteiger partial charge on any atom is -0.508 e. The van der Waals surface area contributed by atoms with Crippen LogP contribution in [0.15, 0.2) is 67.3 Å². The zero-order chi connectivity index (χ0) is 41.3. The molecule has 2 aromatic heterocycles. The van der Waals surface area contributed by atoms with E-state index in [1.807, 2.05) is 24.3 Å². The maximum atomic E-state index is 13.8. The predicted octanol–water partition coefficient (Wildman–Crippen LogP) is -0.256. The third-order valence-corrected chi connectivity index (χ3v) is 9.90. The second-order valence-corrected chi connectivity index (χ2v) is 14.3. The Balaban J connectivity index is 1.29. The molecule has 1 aliphatic carbocycles. The summed E-state index contributed by atoms with van der Waals surface area (Å²) in [6, 6.07) is 7.92. The fraction of sp³-hybridized carbons (Fsp3) is 0.395. The van der Waals surface area contributed by atoms with E-state index in [1.54, 1.807) is 24.5 Å². The van der Waals surface area contributed by atoms with Crippen molar-refractivity contribution in [2.75, 3.05) is 6.54 Å². The van der Waals surface area contributed by atoms with Gasteiger partial charge in [-0.1, -0.05) is 30.3 Å². The Labute approximate surface area is 328 Å². The van der Waals surface area contributed by atoms with Gasteiger partial charge in [-0.3, -0.25) is 29.4 Å². The third kappa shape index (κ3) is 10.6. The van der Waals surface area contributed by atoms with Gasteiger partial charge in [0.25, 0.3) is 5.91 Å². The number of primary amides is 1. The SMILES string of the molecule is C[C@H](NC(=O)N(Cc1ccc(O)cc1)NC(=O)C1(N)CC1c1cnc[nH]1)C(=O)N[C@@H](Cc1c[nH]c2ccccc12)C(=O)N[C@H](C)C(=O)N[C@@H](CCCCN)C(N)=O. The van der Waals surface area contributed by atoms with E-state index < -0.39 is 65.3 Å². The van der Waals surface area contributed by atoms with Crippen molar-refractivity contribution < 1.29 is 33.9 Å². The summed E-state index contributed by atoms with van der Waals surface area (Å²) in [5.74, 6) is -3.84. The number of hydrogen-bond acceptors (Lipinski definition) is 10. The van der Waals surface area contributed by atoms with E-state index in [-0.39, 0.29) is 31.1 Å². The molecule has 304 valence electrons. The summed E-state index contributed by atoms with van der Waals surface area (Å²) >= 11 is 0. The maximum absolute atomic E-state index is 13.8. The number of phenolic OH excluding ortho intramolecular Hbond substituents is 1. The van der Waals surface area contributed by atoms with Crippen molar-refractivity contribution in [3.8, 4) is 5.75 Å². The minimum atomic E-state index is -1.33. The molecule has 19 heteroatoms. The molecule has 6 atom stereocenters. The maximum Gasteiger partial charge on any atom is 0.337 e. The molecule has 0 bridgehead atoms. The molecule has 2 aromatic carbocycles. The molecule has 19 nitrogen and oxygen atoms in total. The van der Waals surface area contributed by atoms with Gasteiger partial charge in [0.1, 0.15) is 35.5 Å². The summed E-state index contributed by atoms with van der Waals surface area (Å²) in [6.07, 6.45) is 6.52. The summed E-state index contributed by atoms with van der Waals surface area (Å²) in [7, 11) is 0. The number of carbonyl (C=O) groups is 6. The lowest BCUT2D eigenvalue weighted by atomic mass is 10.0. The van der Waals surface area contributed by atoms with Crippen LogP contribution in [0.4, 0.5) is 4.79 Å². The monoisotopic (exact) mass is 786 g/mol. The lowest BCUT2D eigenvalue weighted by Crippen LogP contribution is -2.60. The first-order valence-electron chi connectivity index (χ1n) is 18.6. The summed E-state index contributed by atoms with van der Waals surface area (Å²) in [5.41, 5.74) is 21.4. The minimum absolute atomic E-state index is 0.000183. The van der Waals surface area contributed by atoms with Gasteiger partial charge in [0.05, 0.1) is 12.9 Å². The Morgan fingerprint density at radius 1 is 0.912 bits per heavy atom. The highest BCUT2D eigenvalue weighted by Crippen LogP contribution is 2.48. The largest absolute Gasteiger partial charge is 0.508 e. The molecule has 1 aliphatic rings. The first-order valence-corrected chi connectivity index (χ1v) is 18.6. The zero-order valence-corrected chi connectivity index (χ0v) is 31.7. The molecular weight excluding hydrogens is 736 g/mol. The number of imidazole rings is 1. The van der Waals surface area contributed by atoms with Gasteiger partial charge in [-0.2, -0.15) is 0 Å². The highest BCUT2D eigenvalue weighted by molar-refractivity contribution is 5.96. The van der Waals surface area contributed by atoms with E-state index >= 15 is 0 Å². The molecule has 4 aromatic rings. The van der Waals surface area contributed by atoms with Gasteiger partial charge >= 0.3 is 6.03 Å². The van der Waals surface area contributed by atoms with Crippen molar-refractivity contribution in [2.24, 2.45) is 17.2 Å². The Kier molecular flexibility index (Phi) is 13.5. The molecule has 57 heavy (non-hydrogen) atoms. The van der Waals surface area contributed by atoms with E-state index in [9.17, 15) is 33.9 Å². The number of hydrogen-bond donors (Lipinski definition) is 11. The normalized spacial score (nSPS) is 18.0. The van der Waals surface area contributed by atoms with Crippen LogP contribution in [0.3, 0.4) is 0 Å². The second-order valence-electron chi connectivity index (χ2n) is 14.3. The van der Waals surface area contributed by atoms with Gasteiger partial charge < -0.3 is 53.5 Å². The number of benzene rings is 2. The van der Waals surface area contributed by atoms with Crippen LogP contribution >= 0.6 is 0 Å². The summed E-state index contributed by atoms with van der Waals surface area (Å²) in [5, 5.41) is 22.0. The highest BCUT2D eigenvalue weighted by atomic mass is 16.3. The number of amides is 7. The number of urea groups is 1. The summed E-state index contributed by atoms with van der Waals surface area (Å²) in [6.45, 7) is 3.08. The standard InChI is InChI=1S/C38H50N12O7/c1-21(33(53)47-29(32(40)52)9-5-6-14-39)45-35(55)30(15-24-17-43-28-8-4-3-7-26(24)28)48-34(54)22(2)46-37(57)50(19-23-10-12-25(51)13-11-23)49-36(56)38(41)16-27(38)31-18-42-20-44-31/h3-4,7-8,10-13,17-18,20-22,27,29-30,43,51H,5-6,9,14-16,19,39,41H2,1-2H3,(H2,40,52)(H,42,44)(H,45,55)(H,46,57)(H,47,53)(H,48,54)(H,49,56)/t21-,22+,27?,29+,30+,38?/m1/s1. The van der Waals surface area contributed by atoms with Crippen molar-refractivity contribution in [1.29, 1.82) is 0 Å². The number of aromatic hydroxyl groups is 1. The third-order valence-electron chi connectivity index (χ3n) is 9.90. The number of unbranched alkanes of at least 4 members (excludes halogenated alkanes) is 1. The number of rotatable bonds is 18. The van der Waals surface area contributed by atoms with E-state index in [1.165, 1.54) is 32.3 Å². The van der Waals surface area contributed by atoms with Crippen LogP contribution in [0.25, 0.3) is 10.9 Å². The van der Waals surface area contributed by atoms with Gasteiger partial charge in [0.15, 0.2) is 0 Å². The number of fused-ring (bicyclic) bond motifs is 1. The lowest BCUT2D eigenvalue weighted by molar-refractivity contribution is -0.133. The average molecular weight is 787 g/mol. The van der Waals surface area contributed by atoms with Crippen molar-refractivity contribution in [2.45, 2.75) is 88.1 Å². The molecule has 14 N–H and O–H groups in total. The Morgan fingerprint density at radius 3 is 2.26 bits per heavy atom. The average Bonchev–Trinajstić information content (AvgIpc) is 3.48. The van der Waals surface area contributed by atoms with E-state index in [0.717, 1.165) is 15.9 Å². The van der Waals surface area contributed by atoms with Crippen LogP contribution < -0.4 is 43.9 Å². The predicted molar refractivity (Wildman–Crippen MR) is 208 cm³/mol. The Bertz CT molecular complexity index is 2050. The molecule has 1 saturated carbocycles. The van der Waals surface area contributed by atoms with Crippen LogP contribution in [0.1, 0.15) is 62.3 Å². The first kappa shape index (κ1) is 41.7. The topological polar surface area (TPSA) is 309 Å². The lowest BCUT2D eigenvalue weighted by Gasteiger charge is -2.28. The number of hydrazine groups is 1. The number of aromatic nitrogens is 3. The molecule has 0 saturated heterocycles. The van der Waals surface area contributed by atoms with Crippen molar-refractivity contribution in [1.82, 2.24) is 46.7 Å². The number of nitrogens with zero attached hydrogens (tertiary/aromatic N) is 2. The number of carbonyl (C=O) groups excluding carboxylic acids is 6. The quantitative estimate of drug-likeness (QED) is 0.0464. The van der Waals surface area contributed by atoms with E-state index in [0.29, 0.717) is 42.6 Å². The Hall–Kier alpha value is -6.47. The number of phenols is 1. The molecule has 2 heterocycles. The molecule has 2 unspecified atom stereocenters. The number of nitrogens with one attached hydrogen (secondary N) is 7. The van der Waals surface area contributed by atoms with Crippen LogP contribution in [-0.4, -0.2) is 96.9 Å². The highest BCUT2D eigenvalue weighted by Gasteiger charge is 2.59. The summed E-state index contributed by atoms with van der Waals surface area (Å²) < 4.78 is 0. The van der Waals surface area contributed by atoms with Gasteiger partial charge in [-0.05, 0) is 75.4 Å². The Morgan fingerprint density at radius 2 is 1.60 bits per heavy atom. The van der Waals surface area contributed by atoms with Crippen LogP contribution in [0.2, 0.25) is 0 Å². The molecule has 1 fully saturated rings. The molecule has 7 amide bonds. The van der Waals surface area contributed by atoms with Crippen LogP contribution in [-0.2, 0) is 36.9 Å². The number of para-hydroxylation sites is 1. The van der Waals surface area contributed by atoms with Gasteiger partial charge in [0, 0.05) is 41.3 Å². The molecule has 0 spiro atoms. The molecule has 0 aliphatic heterocycles. The van der Waals surface area contributed by atoms with Crippen molar-refractivity contribution >= 4 is 46.5 Å². The van der Waals surface area contributed by atoms with Crippen molar-refractivity contribution in [3.05, 3.63) is 84.1 Å². The van der Waals surface area contributed by atoms with Gasteiger partial charge in [0.2, 0.25) is 23.6 Å². The smallest absolute Gasteiger partial charge is 0.337 e. The number of aromatic amines is 2. The van der Waals surface area contributed by atoms with Gasteiger partial charge in [-0.15, -0.1) is 0 Å². The molecule has 5 rings (SSSR count). The first-order chi connectivity index (χ1) is 27.2. The number of nitrogens with two attached hydrogens (primary N) is 3. The number of H-pyrrole nitrogens is 2. The second kappa shape index (κ2) is 18.4. The fourth-order valence-electron chi connectivity index (χ4n) is 6.36. The van der Waals surface area contributed by atoms with E-state index in [4.69, 9.17) is 17.2 Å². The zero-order valence-electron chi connectivity index (χ0n) is 31.7. The van der Waals surface area contributed by atoms with Gasteiger partial charge in [-0.25, -0.2) is 14.8 Å². The van der Waals surface area contributed by atoms with Crippen LogP contribution in [0, 0.1) is 0 Å². The van der Waals surface area contributed by atoms with E-state index in [2.05, 4.69) is 41.6 Å². The summed E-state index contributed by atoms with van der Waals surface area (Å²) in [4.78, 5) is 89.8. The molecular formula is C38H50N12O7. The fourth-order valence-corrected chi connectivity index (χ4v) is 6.36.